The molecule has 10 nitrogen and oxygen atoms in total. The molecule has 0 saturated heterocycles. The van der Waals surface area contributed by atoms with E-state index in [4.69, 9.17) is 28.4 Å². The SMILES string of the molecule is C=CC(=O)OCC(COc1ccc(C(C)(C)c2ccc(OCC(COC(=O)C=C)OC(=O)C(C)(C)Br)cc2)cc1)OC(=O)C(C)(C)Br. The summed E-state index contributed by atoms with van der Waals surface area (Å²) in [6, 6.07) is 15.0. The van der Waals surface area contributed by atoms with Crippen molar-refractivity contribution in [3.63, 3.8) is 0 Å². The van der Waals surface area contributed by atoms with Crippen molar-refractivity contribution < 1.29 is 47.6 Å². The molecule has 2 aromatic rings. The molecule has 0 aliphatic heterocycles. The molecule has 256 valence electrons. The highest BCUT2D eigenvalue weighted by Gasteiger charge is 2.31. The number of hydrogen-bond donors (Lipinski definition) is 0. The van der Waals surface area contributed by atoms with Gasteiger partial charge in [-0.15, -0.1) is 0 Å². The molecule has 0 fully saturated rings. The van der Waals surface area contributed by atoms with E-state index in [2.05, 4.69) is 58.9 Å². The number of ether oxygens (including phenoxy) is 6. The first-order valence-electron chi connectivity index (χ1n) is 14.7. The molecule has 0 N–H and O–H groups in total. The Labute approximate surface area is 293 Å². The maximum absolute atomic E-state index is 12.4. The second-order valence-corrected chi connectivity index (χ2v) is 15.9. The third-order valence-electron chi connectivity index (χ3n) is 6.70. The Balaban J connectivity index is 2.07. The van der Waals surface area contributed by atoms with Gasteiger partial charge in [0.15, 0.2) is 12.2 Å². The largest absolute Gasteiger partial charge is 0.490 e. The number of carbonyl (C=O) groups is 4. The van der Waals surface area contributed by atoms with Crippen LogP contribution in [0, 0.1) is 0 Å². The van der Waals surface area contributed by atoms with Crippen molar-refractivity contribution in [3.05, 3.63) is 85.0 Å². The Morgan fingerprint density at radius 1 is 0.617 bits per heavy atom. The van der Waals surface area contributed by atoms with E-state index in [1.54, 1.807) is 27.7 Å². The monoisotopic (exact) mass is 780 g/mol. The van der Waals surface area contributed by atoms with E-state index in [1.165, 1.54) is 0 Å². The van der Waals surface area contributed by atoms with E-state index in [0.717, 1.165) is 23.3 Å². The molecular formula is C35H42Br2O10. The van der Waals surface area contributed by atoms with Crippen LogP contribution in [0.1, 0.15) is 52.7 Å². The summed E-state index contributed by atoms with van der Waals surface area (Å²) in [5.74, 6) is -1.23. The van der Waals surface area contributed by atoms with Crippen molar-refractivity contribution >= 4 is 55.7 Å². The van der Waals surface area contributed by atoms with Crippen LogP contribution in [0.25, 0.3) is 0 Å². The predicted molar refractivity (Wildman–Crippen MR) is 184 cm³/mol. The summed E-state index contributed by atoms with van der Waals surface area (Å²) in [4.78, 5) is 47.8. The zero-order valence-electron chi connectivity index (χ0n) is 27.5. The van der Waals surface area contributed by atoms with Crippen molar-refractivity contribution in [1.29, 1.82) is 0 Å². The number of carbonyl (C=O) groups excluding carboxylic acids is 4. The number of esters is 4. The third-order valence-corrected chi connectivity index (χ3v) is 7.35. The highest BCUT2D eigenvalue weighted by Crippen LogP contribution is 2.33. The molecule has 2 aromatic carbocycles. The van der Waals surface area contributed by atoms with Gasteiger partial charge in [-0.1, -0.05) is 83.1 Å². The summed E-state index contributed by atoms with van der Waals surface area (Å²) in [5, 5.41) is 0. The van der Waals surface area contributed by atoms with Crippen LogP contribution in [0.3, 0.4) is 0 Å². The summed E-state index contributed by atoms with van der Waals surface area (Å²) in [6.07, 6.45) is 0.396. The van der Waals surface area contributed by atoms with Gasteiger partial charge in [0.05, 0.1) is 0 Å². The van der Waals surface area contributed by atoms with Crippen molar-refractivity contribution in [2.75, 3.05) is 26.4 Å². The second kappa shape index (κ2) is 17.5. The van der Waals surface area contributed by atoms with Crippen molar-refractivity contribution in [3.8, 4) is 11.5 Å². The molecule has 0 spiro atoms. The predicted octanol–water partition coefficient (Wildman–Crippen LogP) is 6.40. The van der Waals surface area contributed by atoms with Gasteiger partial charge in [0.2, 0.25) is 0 Å². The van der Waals surface area contributed by atoms with E-state index in [-0.39, 0.29) is 26.4 Å². The molecule has 0 bridgehead atoms. The summed E-state index contributed by atoms with van der Waals surface area (Å²) in [6.45, 7) is 17.1. The molecule has 47 heavy (non-hydrogen) atoms. The summed E-state index contributed by atoms with van der Waals surface area (Å²) in [7, 11) is 0. The van der Waals surface area contributed by atoms with Crippen molar-refractivity contribution in [1.82, 2.24) is 0 Å². The Morgan fingerprint density at radius 2 is 0.936 bits per heavy atom. The van der Waals surface area contributed by atoms with Crippen LogP contribution in [0.15, 0.2) is 73.8 Å². The molecule has 0 heterocycles. The van der Waals surface area contributed by atoms with E-state index >= 15 is 0 Å². The van der Waals surface area contributed by atoms with Gasteiger partial charge in [0.1, 0.15) is 46.6 Å². The first kappa shape index (κ1) is 39.5. The fraction of sp³-hybridized carbons (Fsp3) is 0.429. The van der Waals surface area contributed by atoms with Crippen LogP contribution in [0.2, 0.25) is 0 Å². The van der Waals surface area contributed by atoms with Gasteiger partial charge in [-0.2, -0.15) is 0 Å². The highest BCUT2D eigenvalue weighted by atomic mass is 79.9. The summed E-state index contributed by atoms with van der Waals surface area (Å²) in [5.41, 5.74) is 1.63. The van der Waals surface area contributed by atoms with E-state index in [1.807, 2.05) is 48.5 Å². The molecule has 0 amide bonds. The van der Waals surface area contributed by atoms with Crippen molar-refractivity contribution in [2.45, 2.75) is 67.8 Å². The molecule has 0 aliphatic carbocycles. The average Bonchev–Trinajstić information content (AvgIpc) is 3.02. The molecule has 0 aliphatic rings. The molecule has 12 heteroatoms. The Hall–Kier alpha value is -3.64. The van der Waals surface area contributed by atoms with Crippen LogP contribution < -0.4 is 9.47 Å². The van der Waals surface area contributed by atoms with Gasteiger partial charge in [0, 0.05) is 17.6 Å². The standard InChI is InChI=1S/C35H42Br2O10/c1-9-29(38)44-21-27(46-31(40)34(5,6)36)19-42-25-15-11-23(12-16-25)33(3,4)24-13-17-26(18-14-24)43-20-28(22-45-30(39)10-2)47-32(41)35(7,8)37/h9-18,27-28H,1-2,19-22H2,3-8H3. The molecular weight excluding hydrogens is 740 g/mol. The van der Waals surface area contributed by atoms with Crippen LogP contribution in [-0.4, -0.2) is 71.2 Å². The van der Waals surface area contributed by atoms with Crippen LogP contribution in [0.5, 0.6) is 11.5 Å². The molecule has 0 saturated carbocycles. The van der Waals surface area contributed by atoms with E-state index < -0.39 is 50.1 Å². The third kappa shape index (κ3) is 13.2. The highest BCUT2D eigenvalue weighted by molar-refractivity contribution is 9.10. The zero-order chi connectivity index (χ0) is 35.4. The van der Waals surface area contributed by atoms with Gasteiger partial charge < -0.3 is 28.4 Å². The minimum atomic E-state index is -0.922. The maximum atomic E-state index is 12.4. The van der Waals surface area contributed by atoms with Gasteiger partial charge in [0.25, 0.3) is 0 Å². The normalized spacial score (nSPS) is 12.9. The van der Waals surface area contributed by atoms with Crippen LogP contribution in [-0.2, 0) is 43.5 Å². The lowest BCUT2D eigenvalue weighted by atomic mass is 9.78. The van der Waals surface area contributed by atoms with Gasteiger partial charge in [-0.3, -0.25) is 9.59 Å². The molecule has 0 radical (unpaired) electrons. The molecule has 2 rings (SSSR count). The average molecular weight is 783 g/mol. The van der Waals surface area contributed by atoms with Crippen LogP contribution in [0.4, 0.5) is 0 Å². The Morgan fingerprint density at radius 3 is 1.21 bits per heavy atom. The zero-order valence-corrected chi connectivity index (χ0v) is 30.7. The van der Waals surface area contributed by atoms with Gasteiger partial charge in [-0.25, -0.2) is 9.59 Å². The minimum absolute atomic E-state index is 0.0337. The van der Waals surface area contributed by atoms with E-state index in [9.17, 15) is 19.2 Å². The lowest BCUT2D eigenvalue weighted by Crippen LogP contribution is -2.36. The quantitative estimate of drug-likeness (QED) is 0.0727. The topological polar surface area (TPSA) is 124 Å². The number of halogens is 2. The number of alkyl halides is 2. The number of benzene rings is 2. The lowest BCUT2D eigenvalue weighted by molar-refractivity contribution is -0.160. The second-order valence-electron chi connectivity index (χ2n) is 12.0. The number of hydrogen-bond acceptors (Lipinski definition) is 10. The van der Waals surface area contributed by atoms with Crippen molar-refractivity contribution in [2.24, 2.45) is 0 Å². The van der Waals surface area contributed by atoms with Crippen LogP contribution >= 0.6 is 31.9 Å². The molecule has 2 atom stereocenters. The smallest absolute Gasteiger partial charge is 0.330 e. The fourth-order valence-corrected chi connectivity index (χ4v) is 3.95. The number of rotatable bonds is 18. The maximum Gasteiger partial charge on any atom is 0.330 e. The summed E-state index contributed by atoms with van der Waals surface area (Å²) >= 11 is 6.54. The van der Waals surface area contributed by atoms with E-state index in [0.29, 0.717) is 11.5 Å². The fourth-order valence-electron chi connectivity index (χ4n) is 3.76. The minimum Gasteiger partial charge on any atom is -0.490 e. The van der Waals surface area contributed by atoms with Gasteiger partial charge in [-0.05, 0) is 63.1 Å². The summed E-state index contributed by atoms with van der Waals surface area (Å²) < 4.78 is 31.0. The molecule has 2 unspecified atom stereocenters. The van der Waals surface area contributed by atoms with Gasteiger partial charge >= 0.3 is 23.9 Å². The Kier molecular flexibility index (Phi) is 14.7. The Bertz CT molecular complexity index is 1280. The lowest BCUT2D eigenvalue weighted by Gasteiger charge is -2.27. The first-order valence-corrected chi connectivity index (χ1v) is 16.3. The molecule has 0 aromatic heterocycles. The first-order chi connectivity index (χ1) is 21.9.